The largest absolute Gasteiger partial charge is 0.341 e. The second kappa shape index (κ2) is 5.37. The van der Waals surface area contributed by atoms with Crippen molar-refractivity contribution in [3.63, 3.8) is 0 Å². The third-order valence-corrected chi connectivity index (χ3v) is 2.15. The zero-order valence-electron chi connectivity index (χ0n) is 8.93. The first-order valence-electron chi connectivity index (χ1n) is 4.59. The number of hydrogen-bond donors (Lipinski definition) is 3. The molecule has 0 aromatic heterocycles. The molecule has 6 heteroatoms. The number of imide groups is 1. The lowest BCUT2D eigenvalue weighted by Crippen LogP contribution is -2.40. The molecule has 86 valence electrons. The molecule has 0 bridgehead atoms. The molecule has 0 radical (unpaired) electrons. The van der Waals surface area contributed by atoms with Crippen LogP contribution in [-0.2, 0) is 0 Å². The second-order valence-electron chi connectivity index (χ2n) is 3.14. The van der Waals surface area contributed by atoms with Gasteiger partial charge in [-0.3, -0.25) is 5.32 Å². The standard InChI is InChI=1S/C10H12ClN3O2/c1-6-3-4-7(11)8(5-6)13-10(16)14-9(15)12-2/h3-5H,1-2H3,(H3,12,13,14,15,16). The van der Waals surface area contributed by atoms with Crippen molar-refractivity contribution in [2.75, 3.05) is 12.4 Å². The van der Waals surface area contributed by atoms with Gasteiger partial charge in [-0.05, 0) is 24.6 Å². The first-order chi connectivity index (χ1) is 7.52. The first kappa shape index (κ1) is 12.3. The molecule has 0 saturated heterocycles. The van der Waals surface area contributed by atoms with Crippen molar-refractivity contribution in [1.82, 2.24) is 10.6 Å². The highest BCUT2D eigenvalue weighted by Gasteiger charge is 2.08. The van der Waals surface area contributed by atoms with E-state index in [0.29, 0.717) is 10.7 Å². The normalized spacial score (nSPS) is 9.44. The molecule has 0 fully saturated rings. The number of carbonyl (C=O) groups is 2. The lowest BCUT2D eigenvalue weighted by Gasteiger charge is -2.08. The lowest BCUT2D eigenvalue weighted by molar-refractivity contribution is 0.234. The number of benzene rings is 1. The van der Waals surface area contributed by atoms with Gasteiger partial charge in [-0.15, -0.1) is 0 Å². The molecule has 0 spiro atoms. The van der Waals surface area contributed by atoms with E-state index >= 15 is 0 Å². The highest BCUT2D eigenvalue weighted by molar-refractivity contribution is 6.33. The average molecular weight is 242 g/mol. The highest BCUT2D eigenvalue weighted by Crippen LogP contribution is 2.22. The van der Waals surface area contributed by atoms with Crippen molar-refractivity contribution in [3.05, 3.63) is 28.8 Å². The van der Waals surface area contributed by atoms with Crippen molar-refractivity contribution in [3.8, 4) is 0 Å². The van der Waals surface area contributed by atoms with Crippen LogP contribution in [0.4, 0.5) is 15.3 Å². The third-order valence-electron chi connectivity index (χ3n) is 1.82. The van der Waals surface area contributed by atoms with E-state index < -0.39 is 12.1 Å². The second-order valence-corrected chi connectivity index (χ2v) is 3.55. The van der Waals surface area contributed by atoms with Crippen molar-refractivity contribution in [2.45, 2.75) is 6.92 Å². The van der Waals surface area contributed by atoms with Gasteiger partial charge in [0.05, 0.1) is 10.7 Å². The molecule has 0 aliphatic carbocycles. The fraction of sp³-hybridized carbons (Fsp3) is 0.200. The number of rotatable bonds is 1. The maximum absolute atomic E-state index is 11.3. The molecule has 0 aliphatic rings. The van der Waals surface area contributed by atoms with Crippen LogP contribution in [0.25, 0.3) is 0 Å². The van der Waals surface area contributed by atoms with Crippen molar-refractivity contribution >= 4 is 29.4 Å². The van der Waals surface area contributed by atoms with Gasteiger partial charge in [0.2, 0.25) is 0 Å². The number of nitrogens with one attached hydrogen (secondary N) is 3. The van der Waals surface area contributed by atoms with Gasteiger partial charge in [0.25, 0.3) is 0 Å². The Labute approximate surface area is 98.2 Å². The molecule has 0 atom stereocenters. The first-order valence-corrected chi connectivity index (χ1v) is 4.96. The summed E-state index contributed by atoms with van der Waals surface area (Å²) in [5, 5.41) is 7.22. The summed E-state index contributed by atoms with van der Waals surface area (Å²) in [6.07, 6.45) is 0. The van der Waals surface area contributed by atoms with E-state index in [9.17, 15) is 9.59 Å². The van der Waals surface area contributed by atoms with Crippen LogP contribution < -0.4 is 16.0 Å². The number of amides is 4. The maximum atomic E-state index is 11.3. The Bertz CT molecular complexity index is 421. The van der Waals surface area contributed by atoms with Crippen LogP contribution in [0.5, 0.6) is 0 Å². The van der Waals surface area contributed by atoms with Gasteiger partial charge in [-0.2, -0.15) is 0 Å². The van der Waals surface area contributed by atoms with Gasteiger partial charge < -0.3 is 10.6 Å². The molecule has 16 heavy (non-hydrogen) atoms. The number of urea groups is 2. The smallest absolute Gasteiger partial charge is 0.327 e. The van der Waals surface area contributed by atoms with E-state index in [4.69, 9.17) is 11.6 Å². The molecule has 0 aliphatic heterocycles. The summed E-state index contributed by atoms with van der Waals surface area (Å²) in [7, 11) is 1.42. The fourth-order valence-corrected chi connectivity index (χ4v) is 1.22. The summed E-state index contributed by atoms with van der Waals surface area (Å²) in [5.41, 5.74) is 1.42. The Balaban J connectivity index is 2.69. The van der Waals surface area contributed by atoms with E-state index in [0.717, 1.165) is 5.56 Å². The summed E-state index contributed by atoms with van der Waals surface area (Å²) in [6, 6.07) is 4.00. The summed E-state index contributed by atoms with van der Waals surface area (Å²) in [5.74, 6) is 0. The van der Waals surface area contributed by atoms with Gasteiger partial charge in [0, 0.05) is 7.05 Å². The summed E-state index contributed by atoms with van der Waals surface area (Å²) < 4.78 is 0. The van der Waals surface area contributed by atoms with Gasteiger partial charge in [-0.25, -0.2) is 9.59 Å². The molecular weight excluding hydrogens is 230 g/mol. The Hall–Kier alpha value is -1.75. The molecule has 4 amide bonds. The van der Waals surface area contributed by atoms with Crippen LogP contribution in [0.15, 0.2) is 18.2 Å². The summed E-state index contributed by atoms with van der Waals surface area (Å²) in [6.45, 7) is 1.87. The van der Waals surface area contributed by atoms with E-state index in [1.54, 1.807) is 12.1 Å². The predicted octanol–water partition coefficient (Wildman–Crippen LogP) is 2.11. The van der Waals surface area contributed by atoms with Crippen molar-refractivity contribution < 1.29 is 9.59 Å². The lowest BCUT2D eigenvalue weighted by atomic mass is 10.2. The third kappa shape index (κ3) is 3.43. The van der Waals surface area contributed by atoms with E-state index in [1.807, 2.05) is 13.0 Å². The number of hydrogen-bond acceptors (Lipinski definition) is 2. The molecule has 0 saturated carbocycles. The molecule has 1 rings (SSSR count). The average Bonchev–Trinajstić information content (AvgIpc) is 2.23. The van der Waals surface area contributed by atoms with Crippen LogP contribution in [0.2, 0.25) is 5.02 Å². The zero-order valence-corrected chi connectivity index (χ0v) is 9.68. The summed E-state index contributed by atoms with van der Waals surface area (Å²) in [4.78, 5) is 22.2. The Kier molecular flexibility index (Phi) is 4.13. The molecule has 0 unspecified atom stereocenters. The minimum atomic E-state index is -0.633. The quantitative estimate of drug-likeness (QED) is 0.705. The number of anilines is 1. The van der Waals surface area contributed by atoms with E-state index in [1.165, 1.54) is 7.05 Å². The molecular formula is C10H12ClN3O2. The maximum Gasteiger partial charge on any atom is 0.327 e. The molecule has 3 N–H and O–H groups in total. The number of halogens is 1. The monoisotopic (exact) mass is 241 g/mol. The molecule has 5 nitrogen and oxygen atoms in total. The van der Waals surface area contributed by atoms with Crippen LogP contribution in [0.1, 0.15) is 5.56 Å². The SMILES string of the molecule is CNC(=O)NC(=O)Nc1cc(C)ccc1Cl. The zero-order chi connectivity index (χ0) is 12.1. The van der Waals surface area contributed by atoms with E-state index in [2.05, 4.69) is 16.0 Å². The van der Waals surface area contributed by atoms with Gasteiger partial charge in [0.1, 0.15) is 0 Å². The Morgan fingerprint density at radius 2 is 1.94 bits per heavy atom. The number of carbonyl (C=O) groups excluding carboxylic acids is 2. The highest BCUT2D eigenvalue weighted by atomic mass is 35.5. The number of aryl methyl sites for hydroxylation is 1. The van der Waals surface area contributed by atoms with Crippen LogP contribution in [0.3, 0.4) is 0 Å². The molecule has 0 heterocycles. The summed E-state index contributed by atoms with van der Waals surface area (Å²) >= 11 is 5.87. The minimum Gasteiger partial charge on any atom is -0.341 e. The minimum absolute atomic E-state index is 0.414. The Morgan fingerprint density at radius 3 is 2.56 bits per heavy atom. The van der Waals surface area contributed by atoms with Crippen molar-refractivity contribution in [1.29, 1.82) is 0 Å². The van der Waals surface area contributed by atoms with Crippen LogP contribution >= 0.6 is 11.6 Å². The van der Waals surface area contributed by atoms with Gasteiger partial charge >= 0.3 is 12.1 Å². The molecule has 1 aromatic rings. The molecule has 1 aromatic carbocycles. The Morgan fingerprint density at radius 1 is 1.25 bits per heavy atom. The van der Waals surface area contributed by atoms with Gasteiger partial charge in [-0.1, -0.05) is 17.7 Å². The van der Waals surface area contributed by atoms with Gasteiger partial charge in [0.15, 0.2) is 0 Å². The van der Waals surface area contributed by atoms with Crippen LogP contribution in [0, 0.1) is 6.92 Å². The topological polar surface area (TPSA) is 70.2 Å². The predicted molar refractivity (Wildman–Crippen MR) is 62.8 cm³/mol. The van der Waals surface area contributed by atoms with Crippen molar-refractivity contribution in [2.24, 2.45) is 0 Å². The van der Waals surface area contributed by atoms with E-state index in [-0.39, 0.29) is 0 Å². The fourth-order valence-electron chi connectivity index (χ4n) is 1.05. The van der Waals surface area contributed by atoms with Crippen LogP contribution in [-0.4, -0.2) is 19.1 Å².